The highest BCUT2D eigenvalue weighted by atomic mass is 16.5. The zero-order chi connectivity index (χ0) is 13.8. The Hall–Kier alpha value is -2.82. The summed E-state index contributed by atoms with van der Waals surface area (Å²) in [5.41, 5.74) is 4.40. The summed E-state index contributed by atoms with van der Waals surface area (Å²) in [6.07, 6.45) is 1.57. The Morgan fingerprint density at radius 2 is 1.85 bits per heavy atom. The van der Waals surface area contributed by atoms with Gasteiger partial charge >= 0.3 is 0 Å². The minimum Gasteiger partial charge on any atom is -0.484 e. The summed E-state index contributed by atoms with van der Waals surface area (Å²) in [5, 5.41) is 0. The maximum atomic E-state index is 11.8. The SMILES string of the molecule is O=C(COc1ccccc1)Nn1cnc2ccccc21. The number of fused-ring (bicyclic) bond motifs is 1. The third-order valence-corrected chi connectivity index (χ3v) is 2.81. The molecule has 2 aromatic carbocycles. The predicted molar refractivity (Wildman–Crippen MR) is 76.0 cm³/mol. The molecule has 1 N–H and O–H groups in total. The van der Waals surface area contributed by atoms with Crippen molar-refractivity contribution in [2.75, 3.05) is 12.0 Å². The predicted octanol–water partition coefficient (Wildman–Crippen LogP) is 2.19. The Morgan fingerprint density at radius 1 is 1.10 bits per heavy atom. The second kappa shape index (κ2) is 5.44. The lowest BCUT2D eigenvalue weighted by atomic mass is 10.3. The third-order valence-electron chi connectivity index (χ3n) is 2.81. The van der Waals surface area contributed by atoms with Crippen LogP contribution in [0.1, 0.15) is 0 Å². The number of aromatic nitrogens is 2. The molecule has 1 amide bonds. The van der Waals surface area contributed by atoms with Gasteiger partial charge in [0, 0.05) is 0 Å². The van der Waals surface area contributed by atoms with Gasteiger partial charge in [-0.25, -0.2) is 9.66 Å². The summed E-state index contributed by atoms with van der Waals surface area (Å²) in [5.74, 6) is 0.426. The number of ether oxygens (including phenoxy) is 1. The fraction of sp³-hybridized carbons (Fsp3) is 0.0667. The Balaban J connectivity index is 1.64. The molecule has 0 aliphatic carbocycles. The third kappa shape index (κ3) is 2.61. The first-order valence-electron chi connectivity index (χ1n) is 6.23. The Bertz CT molecular complexity index is 722. The molecule has 5 nitrogen and oxygen atoms in total. The molecule has 0 radical (unpaired) electrons. The van der Waals surface area contributed by atoms with Crippen molar-refractivity contribution in [1.82, 2.24) is 9.66 Å². The Labute approximate surface area is 115 Å². The van der Waals surface area contributed by atoms with Crippen LogP contribution in [0.25, 0.3) is 11.0 Å². The molecule has 0 unspecified atom stereocenters. The average Bonchev–Trinajstić information content (AvgIpc) is 2.90. The lowest BCUT2D eigenvalue weighted by Gasteiger charge is -2.08. The highest BCUT2D eigenvalue weighted by Gasteiger charge is 2.06. The van der Waals surface area contributed by atoms with E-state index in [2.05, 4.69) is 10.4 Å². The van der Waals surface area contributed by atoms with Gasteiger partial charge in [-0.1, -0.05) is 30.3 Å². The van der Waals surface area contributed by atoms with Crippen LogP contribution < -0.4 is 10.2 Å². The molecule has 0 atom stereocenters. The molecule has 0 saturated heterocycles. The van der Waals surface area contributed by atoms with Crippen LogP contribution in [0, 0.1) is 0 Å². The smallest absolute Gasteiger partial charge is 0.276 e. The molecule has 1 heterocycles. The average molecular weight is 267 g/mol. The minimum absolute atomic E-state index is 0.0451. The van der Waals surface area contributed by atoms with E-state index in [1.165, 1.54) is 0 Å². The van der Waals surface area contributed by atoms with E-state index in [1.54, 1.807) is 23.1 Å². The van der Waals surface area contributed by atoms with Crippen molar-refractivity contribution < 1.29 is 9.53 Å². The lowest BCUT2D eigenvalue weighted by Crippen LogP contribution is -2.27. The van der Waals surface area contributed by atoms with E-state index in [0.717, 1.165) is 11.0 Å². The van der Waals surface area contributed by atoms with E-state index < -0.39 is 0 Å². The number of nitrogens with zero attached hydrogens (tertiary/aromatic N) is 2. The molecular weight excluding hydrogens is 254 g/mol. The van der Waals surface area contributed by atoms with Crippen LogP contribution in [0.2, 0.25) is 0 Å². The van der Waals surface area contributed by atoms with Crippen molar-refractivity contribution in [2.24, 2.45) is 0 Å². The van der Waals surface area contributed by atoms with E-state index in [4.69, 9.17) is 4.74 Å². The molecular formula is C15H13N3O2. The maximum Gasteiger partial charge on any atom is 0.276 e. The van der Waals surface area contributed by atoms with Crippen LogP contribution in [0.4, 0.5) is 0 Å². The summed E-state index contributed by atoms with van der Waals surface area (Å²) in [6.45, 7) is -0.0451. The fourth-order valence-electron chi connectivity index (χ4n) is 1.88. The summed E-state index contributed by atoms with van der Waals surface area (Å²) in [7, 11) is 0. The normalized spacial score (nSPS) is 10.4. The number of nitrogens with one attached hydrogen (secondary N) is 1. The zero-order valence-electron chi connectivity index (χ0n) is 10.7. The van der Waals surface area contributed by atoms with E-state index in [1.807, 2.05) is 42.5 Å². The molecule has 0 saturated carbocycles. The van der Waals surface area contributed by atoms with Gasteiger partial charge in [-0.15, -0.1) is 0 Å². The van der Waals surface area contributed by atoms with Gasteiger partial charge in [-0.3, -0.25) is 10.2 Å². The molecule has 0 aliphatic heterocycles. The van der Waals surface area contributed by atoms with Gasteiger partial charge in [0.05, 0.1) is 11.0 Å². The summed E-state index contributed by atoms with van der Waals surface area (Å²) in [6, 6.07) is 16.8. The van der Waals surface area contributed by atoms with Crippen LogP contribution >= 0.6 is 0 Å². The molecule has 0 aliphatic rings. The first-order chi connectivity index (χ1) is 9.83. The number of para-hydroxylation sites is 3. The van der Waals surface area contributed by atoms with Crippen molar-refractivity contribution in [3.63, 3.8) is 0 Å². The van der Waals surface area contributed by atoms with E-state index in [-0.39, 0.29) is 12.5 Å². The van der Waals surface area contributed by atoms with E-state index in [0.29, 0.717) is 5.75 Å². The number of carbonyl (C=O) groups excluding carboxylic acids is 1. The molecule has 100 valence electrons. The number of hydrogen-bond acceptors (Lipinski definition) is 3. The Morgan fingerprint density at radius 3 is 2.70 bits per heavy atom. The van der Waals surface area contributed by atoms with Gasteiger partial charge in [0.25, 0.3) is 5.91 Å². The molecule has 20 heavy (non-hydrogen) atoms. The molecule has 3 aromatic rings. The lowest BCUT2D eigenvalue weighted by molar-refractivity contribution is -0.119. The van der Waals surface area contributed by atoms with Crippen LogP contribution in [0.3, 0.4) is 0 Å². The molecule has 0 bridgehead atoms. The van der Waals surface area contributed by atoms with Crippen molar-refractivity contribution >= 4 is 16.9 Å². The van der Waals surface area contributed by atoms with Gasteiger partial charge in [-0.05, 0) is 24.3 Å². The topological polar surface area (TPSA) is 56.1 Å². The highest BCUT2D eigenvalue weighted by Crippen LogP contribution is 2.10. The Kier molecular flexibility index (Phi) is 3.33. The quantitative estimate of drug-likeness (QED) is 0.788. The monoisotopic (exact) mass is 267 g/mol. The van der Waals surface area contributed by atoms with Crippen LogP contribution in [-0.2, 0) is 4.79 Å². The van der Waals surface area contributed by atoms with Crippen molar-refractivity contribution in [1.29, 1.82) is 0 Å². The zero-order valence-corrected chi connectivity index (χ0v) is 10.7. The number of hydrogen-bond donors (Lipinski definition) is 1. The second-order valence-corrected chi connectivity index (χ2v) is 4.24. The minimum atomic E-state index is -0.239. The van der Waals surface area contributed by atoms with Gasteiger partial charge in [0.2, 0.25) is 0 Å². The number of rotatable bonds is 4. The molecule has 3 rings (SSSR count). The van der Waals surface area contributed by atoms with Crippen molar-refractivity contribution in [2.45, 2.75) is 0 Å². The number of amides is 1. The van der Waals surface area contributed by atoms with Gasteiger partial charge in [0.15, 0.2) is 6.61 Å². The molecule has 5 heteroatoms. The number of imidazole rings is 1. The van der Waals surface area contributed by atoms with Gasteiger partial charge in [0.1, 0.15) is 12.1 Å². The first kappa shape index (κ1) is 12.2. The second-order valence-electron chi connectivity index (χ2n) is 4.24. The summed E-state index contributed by atoms with van der Waals surface area (Å²) < 4.78 is 6.97. The van der Waals surface area contributed by atoms with Crippen LogP contribution in [0.5, 0.6) is 5.75 Å². The fourth-order valence-corrected chi connectivity index (χ4v) is 1.88. The van der Waals surface area contributed by atoms with Crippen molar-refractivity contribution in [3.05, 3.63) is 60.9 Å². The number of carbonyl (C=O) groups is 1. The van der Waals surface area contributed by atoms with Crippen molar-refractivity contribution in [3.8, 4) is 5.75 Å². The number of benzene rings is 2. The van der Waals surface area contributed by atoms with Gasteiger partial charge in [-0.2, -0.15) is 0 Å². The molecule has 0 fully saturated rings. The summed E-state index contributed by atoms with van der Waals surface area (Å²) >= 11 is 0. The van der Waals surface area contributed by atoms with Crippen LogP contribution in [-0.4, -0.2) is 22.2 Å². The standard InChI is InChI=1S/C15H13N3O2/c19-15(10-20-12-6-2-1-3-7-12)17-18-11-16-13-8-4-5-9-14(13)18/h1-9,11H,10H2,(H,17,19). The van der Waals surface area contributed by atoms with E-state index in [9.17, 15) is 4.79 Å². The first-order valence-corrected chi connectivity index (χ1v) is 6.23. The maximum absolute atomic E-state index is 11.8. The summed E-state index contributed by atoms with van der Waals surface area (Å²) in [4.78, 5) is 16.0. The van der Waals surface area contributed by atoms with E-state index >= 15 is 0 Å². The van der Waals surface area contributed by atoms with Crippen LogP contribution in [0.15, 0.2) is 60.9 Å². The highest BCUT2D eigenvalue weighted by molar-refractivity contribution is 5.87. The molecule has 1 aromatic heterocycles. The molecule has 0 spiro atoms. The largest absolute Gasteiger partial charge is 0.484 e. The van der Waals surface area contributed by atoms with Gasteiger partial charge < -0.3 is 4.74 Å².